The van der Waals surface area contributed by atoms with Gasteiger partial charge in [0.25, 0.3) is 0 Å². The number of carboxylic acid groups (broad SMARTS) is 1. The van der Waals surface area contributed by atoms with E-state index < -0.39 is 12.1 Å². The van der Waals surface area contributed by atoms with Gasteiger partial charge in [0.1, 0.15) is 0 Å². The Morgan fingerprint density at radius 3 is 2.13 bits per heavy atom. The molecule has 0 aromatic carbocycles. The second-order valence-electron chi connectivity index (χ2n) is 3.85. The number of hydrogen-bond donors (Lipinski definition) is 2. The van der Waals surface area contributed by atoms with Gasteiger partial charge in [-0.3, -0.25) is 4.79 Å². The largest absolute Gasteiger partial charge is 0.481 e. The fourth-order valence-corrected chi connectivity index (χ4v) is 1.88. The smallest absolute Gasteiger partial charge is 0.305 e. The van der Waals surface area contributed by atoms with Crippen LogP contribution >= 0.6 is 15.9 Å². The molecule has 0 aliphatic rings. The third-order valence-electron chi connectivity index (χ3n) is 2.33. The molecule has 0 amide bonds. The summed E-state index contributed by atoms with van der Waals surface area (Å²) in [6.45, 7) is 0. The minimum Gasteiger partial charge on any atom is -0.481 e. The molecule has 0 aliphatic carbocycles. The van der Waals surface area contributed by atoms with Gasteiger partial charge in [-0.2, -0.15) is 0 Å². The van der Waals surface area contributed by atoms with E-state index in [9.17, 15) is 9.90 Å². The van der Waals surface area contributed by atoms with Gasteiger partial charge >= 0.3 is 5.97 Å². The number of carbonyl (C=O) groups is 1. The van der Waals surface area contributed by atoms with Crippen molar-refractivity contribution >= 4 is 21.9 Å². The Balaban J connectivity index is 3.13. The number of rotatable bonds is 10. The summed E-state index contributed by atoms with van der Waals surface area (Å²) in [5.41, 5.74) is 0. The van der Waals surface area contributed by atoms with Crippen molar-refractivity contribution in [2.45, 2.75) is 57.5 Å². The Hall–Kier alpha value is -0.0900. The van der Waals surface area contributed by atoms with E-state index in [1.165, 1.54) is 25.7 Å². The van der Waals surface area contributed by atoms with E-state index in [1.807, 2.05) is 0 Å². The second-order valence-corrected chi connectivity index (χ2v) is 4.64. The third-order valence-corrected chi connectivity index (χ3v) is 2.89. The molecule has 0 saturated carbocycles. The molecule has 15 heavy (non-hydrogen) atoms. The highest BCUT2D eigenvalue weighted by molar-refractivity contribution is 9.09. The normalized spacial score (nSPS) is 12.7. The molecule has 0 aromatic rings. The highest BCUT2D eigenvalue weighted by atomic mass is 79.9. The van der Waals surface area contributed by atoms with Gasteiger partial charge in [0.2, 0.25) is 0 Å². The average Bonchev–Trinajstić information content (AvgIpc) is 2.15. The van der Waals surface area contributed by atoms with Crippen LogP contribution in [0, 0.1) is 0 Å². The SMILES string of the molecule is O=C(O)CC(O)CCCCCCCCBr. The zero-order chi connectivity index (χ0) is 11.5. The van der Waals surface area contributed by atoms with E-state index in [4.69, 9.17) is 5.11 Å². The molecule has 0 rings (SSSR count). The van der Waals surface area contributed by atoms with E-state index in [0.717, 1.165) is 18.2 Å². The quantitative estimate of drug-likeness (QED) is 0.478. The summed E-state index contributed by atoms with van der Waals surface area (Å²) in [7, 11) is 0. The first-order chi connectivity index (χ1) is 7.16. The highest BCUT2D eigenvalue weighted by Gasteiger charge is 2.08. The summed E-state index contributed by atoms with van der Waals surface area (Å²) in [5.74, 6) is -0.917. The number of alkyl halides is 1. The van der Waals surface area contributed by atoms with E-state index in [1.54, 1.807) is 0 Å². The van der Waals surface area contributed by atoms with Gasteiger partial charge in [-0.25, -0.2) is 0 Å². The minimum atomic E-state index is -0.917. The van der Waals surface area contributed by atoms with Gasteiger partial charge in [0.05, 0.1) is 12.5 Å². The molecule has 0 aromatic heterocycles. The van der Waals surface area contributed by atoms with Gasteiger partial charge in [-0.1, -0.05) is 48.0 Å². The fourth-order valence-electron chi connectivity index (χ4n) is 1.49. The van der Waals surface area contributed by atoms with Crippen LogP contribution in [0.25, 0.3) is 0 Å². The second kappa shape index (κ2) is 10.4. The number of carboxylic acids is 1. The maximum atomic E-state index is 10.3. The van der Waals surface area contributed by atoms with Gasteiger partial charge in [0, 0.05) is 5.33 Å². The molecule has 3 nitrogen and oxygen atoms in total. The molecular formula is C11H21BrO3. The molecule has 0 spiro atoms. The molecule has 2 N–H and O–H groups in total. The zero-order valence-corrected chi connectivity index (χ0v) is 10.7. The Morgan fingerprint density at radius 1 is 1.07 bits per heavy atom. The number of unbranched alkanes of at least 4 members (excludes halogenated alkanes) is 5. The van der Waals surface area contributed by atoms with Crippen molar-refractivity contribution in [3.8, 4) is 0 Å². The number of aliphatic hydroxyl groups excluding tert-OH is 1. The standard InChI is InChI=1S/C11H21BrO3/c12-8-6-4-2-1-3-5-7-10(13)9-11(14)15/h10,13H,1-9H2,(H,14,15). The van der Waals surface area contributed by atoms with Crippen LogP contribution in [-0.4, -0.2) is 27.6 Å². The first-order valence-corrected chi connectivity index (χ1v) is 6.74. The van der Waals surface area contributed by atoms with E-state index in [2.05, 4.69) is 15.9 Å². The van der Waals surface area contributed by atoms with E-state index in [-0.39, 0.29) is 6.42 Å². The van der Waals surface area contributed by atoms with Crippen LogP contribution in [-0.2, 0) is 4.79 Å². The van der Waals surface area contributed by atoms with Crippen LogP contribution in [0.5, 0.6) is 0 Å². The summed E-state index contributed by atoms with van der Waals surface area (Å²) in [4.78, 5) is 10.3. The molecule has 0 radical (unpaired) electrons. The van der Waals surface area contributed by atoms with Crippen LogP contribution in [0.15, 0.2) is 0 Å². The first-order valence-electron chi connectivity index (χ1n) is 5.62. The van der Waals surface area contributed by atoms with Crippen molar-refractivity contribution in [2.75, 3.05) is 5.33 Å². The Kier molecular flexibility index (Phi) is 10.4. The number of halogens is 1. The maximum Gasteiger partial charge on any atom is 0.305 e. The summed E-state index contributed by atoms with van der Waals surface area (Å²) in [5, 5.41) is 18.8. The molecule has 0 saturated heterocycles. The number of aliphatic carboxylic acids is 1. The van der Waals surface area contributed by atoms with Crippen molar-refractivity contribution in [2.24, 2.45) is 0 Å². The molecule has 0 heterocycles. The van der Waals surface area contributed by atoms with E-state index in [0.29, 0.717) is 6.42 Å². The summed E-state index contributed by atoms with van der Waals surface area (Å²) >= 11 is 3.39. The molecule has 0 bridgehead atoms. The lowest BCUT2D eigenvalue weighted by molar-refractivity contribution is -0.139. The molecule has 0 aliphatic heterocycles. The predicted octanol–water partition coefficient (Wildman–Crippen LogP) is 2.95. The third kappa shape index (κ3) is 11.8. The van der Waals surface area contributed by atoms with Crippen LogP contribution in [0.3, 0.4) is 0 Å². The van der Waals surface area contributed by atoms with Crippen molar-refractivity contribution in [1.29, 1.82) is 0 Å². The minimum absolute atomic E-state index is 0.121. The number of hydrogen-bond acceptors (Lipinski definition) is 2. The Bertz CT molecular complexity index is 162. The van der Waals surface area contributed by atoms with Gasteiger partial charge < -0.3 is 10.2 Å². The summed E-state index contributed by atoms with van der Waals surface area (Å²) in [6, 6.07) is 0. The monoisotopic (exact) mass is 280 g/mol. The van der Waals surface area contributed by atoms with E-state index >= 15 is 0 Å². The number of aliphatic hydroxyl groups is 1. The highest BCUT2D eigenvalue weighted by Crippen LogP contribution is 2.10. The maximum absolute atomic E-state index is 10.3. The van der Waals surface area contributed by atoms with Crippen molar-refractivity contribution in [1.82, 2.24) is 0 Å². The summed E-state index contributed by atoms with van der Waals surface area (Å²) < 4.78 is 0. The van der Waals surface area contributed by atoms with Crippen molar-refractivity contribution < 1.29 is 15.0 Å². The predicted molar refractivity (Wildman–Crippen MR) is 64.4 cm³/mol. The molecule has 90 valence electrons. The lowest BCUT2D eigenvalue weighted by atomic mass is 10.1. The molecule has 1 atom stereocenters. The molecule has 4 heteroatoms. The van der Waals surface area contributed by atoms with Crippen molar-refractivity contribution in [3.63, 3.8) is 0 Å². The van der Waals surface area contributed by atoms with Gasteiger partial charge in [-0.05, 0) is 12.8 Å². The lowest BCUT2D eigenvalue weighted by Gasteiger charge is -2.06. The summed E-state index contributed by atoms with van der Waals surface area (Å²) in [6.07, 6.45) is 6.76. The lowest BCUT2D eigenvalue weighted by Crippen LogP contribution is -2.12. The van der Waals surface area contributed by atoms with Gasteiger partial charge in [0.15, 0.2) is 0 Å². The molecule has 1 unspecified atom stereocenters. The average molecular weight is 281 g/mol. The van der Waals surface area contributed by atoms with Crippen LogP contribution in [0.4, 0.5) is 0 Å². The fraction of sp³-hybridized carbons (Fsp3) is 0.909. The Morgan fingerprint density at radius 2 is 1.60 bits per heavy atom. The van der Waals surface area contributed by atoms with Crippen molar-refractivity contribution in [3.05, 3.63) is 0 Å². The first kappa shape index (κ1) is 14.9. The van der Waals surface area contributed by atoms with Crippen LogP contribution in [0.2, 0.25) is 0 Å². The molecule has 0 fully saturated rings. The zero-order valence-electron chi connectivity index (χ0n) is 9.12. The Labute approximate surface area is 100 Å². The van der Waals surface area contributed by atoms with Crippen LogP contribution in [0.1, 0.15) is 51.4 Å². The topological polar surface area (TPSA) is 57.5 Å². The van der Waals surface area contributed by atoms with Gasteiger partial charge in [-0.15, -0.1) is 0 Å². The van der Waals surface area contributed by atoms with Crippen LogP contribution < -0.4 is 0 Å². The molecular weight excluding hydrogens is 260 g/mol.